The lowest BCUT2D eigenvalue weighted by molar-refractivity contribution is -0.137. The van der Waals surface area contributed by atoms with Gasteiger partial charge in [-0.1, -0.05) is 19.1 Å². The van der Waals surface area contributed by atoms with E-state index in [1.807, 2.05) is 19.1 Å². The van der Waals surface area contributed by atoms with Gasteiger partial charge in [-0.25, -0.2) is 0 Å². The number of alkyl halides is 3. The first-order chi connectivity index (χ1) is 12.9. The highest BCUT2D eigenvalue weighted by molar-refractivity contribution is 5.77. The molecular weight excluding hydrogens is 361 g/mol. The zero-order chi connectivity index (χ0) is 19.4. The van der Waals surface area contributed by atoms with Crippen LogP contribution in [0.3, 0.4) is 0 Å². The summed E-state index contributed by atoms with van der Waals surface area (Å²) in [5, 5.41) is 10.2. The van der Waals surface area contributed by atoms with Crippen molar-refractivity contribution in [3.8, 4) is 5.75 Å². The Hall–Kier alpha value is -3.10. The minimum atomic E-state index is -4.47. The molecule has 0 bridgehead atoms. The molecule has 1 amide bonds. The number of benzene rings is 1. The number of nitrogens with one attached hydrogen (secondary N) is 1. The molecule has 0 radical (unpaired) electrons. The van der Waals surface area contributed by atoms with Crippen molar-refractivity contribution in [2.45, 2.75) is 26.1 Å². The summed E-state index contributed by atoms with van der Waals surface area (Å²) < 4.78 is 45.1. The van der Waals surface area contributed by atoms with E-state index in [1.165, 1.54) is 10.5 Å². The molecule has 0 aliphatic heterocycles. The number of pyridine rings is 1. The van der Waals surface area contributed by atoms with Gasteiger partial charge in [-0.2, -0.15) is 13.2 Å². The number of ether oxygens (including phenoxy) is 1. The van der Waals surface area contributed by atoms with E-state index < -0.39 is 17.6 Å². The largest absolute Gasteiger partial charge is 0.484 e. The number of aromatic nitrogens is 3. The first-order valence-corrected chi connectivity index (χ1v) is 8.26. The molecule has 27 heavy (non-hydrogen) atoms. The van der Waals surface area contributed by atoms with Crippen LogP contribution in [0.4, 0.5) is 13.2 Å². The van der Waals surface area contributed by atoms with Crippen molar-refractivity contribution in [2.75, 3.05) is 6.61 Å². The number of hydrogen-bond acceptors (Lipinski definition) is 4. The Morgan fingerprint density at radius 3 is 2.56 bits per heavy atom. The molecule has 1 aromatic carbocycles. The molecule has 6 nitrogen and oxygen atoms in total. The van der Waals surface area contributed by atoms with Gasteiger partial charge < -0.3 is 10.1 Å². The lowest BCUT2D eigenvalue weighted by atomic mass is 10.2. The fourth-order valence-corrected chi connectivity index (χ4v) is 2.43. The third kappa shape index (κ3) is 4.55. The molecule has 0 atom stereocenters. The second kappa shape index (κ2) is 7.65. The highest BCUT2D eigenvalue weighted by Gasteiger charge is 2.31. The average molecular weight is 378 g/mol. The van der Waals surface area contributed by atoms with Gasteiger partial charge in [0, 0.05) is 6.20 Å². The third-order valence-corrected chi connectivity index (χ3v) is 3.95. The third-order valence-electron chi connectivity index (χ3n) is 3.95. The number of carbonyl (C=O) groups is 1. The fraction of sp³-hybridized carbons (Fsp3) is 0.278. The number of amides is 1. The van der Waals surface area contributed by atoms with E-state index in [-0.39, 0.29) is 24.6 Å². The lowest BCUT2D eigenvalue weighted by Gasteiger charge is -2.09. The van der Waals surface area contributed by atoms with Crippen LogP contribution in [0.5, 0.6) is 5.75 Å². The van der Waals surface area contributed by atoms with Crippen molar-refractivity contribution in [3.63, 3.8) is 0 Å². The van der Waals surface area contributed by atoms with Gasteiger partial charge in [0.15, 0.2) is 18.1 Å². The zero-order valence-corrected chi connectivity index (χ0v) is 14.5. The standard InChI is InChI=1S/C18H17F3N4O2/c1-2-12-3-6-14(7-4-12)27-11-17(26)22-9-16-24-23-15-8-5-13(10-25(15)16)18(19,20)21/h3-8,10H,2,9,11H2,1H3,(H,22,26). The summed E-state index contributed by atoms with van der Waals surface area (Å²) in [6.07, 6.45) is -2.66. The number of halogens is 3. The van der Waals surface area contributed by atoms with E-state index in [0.717, 1.165) is 24.2 Å². The fourth-order valence-electron chi connectivity index (χ4n) is 2.43. The molecule has 0 fully saturated rings. The summed E-state index contributed by atoms with van der Waals surface area (Å²) in [6.45, 7) is 1.75. The van der Waals surface area contributed by atoms with Crippen molar-refractivity contribution >= 4 is 11.6 Å². The van der Waals surface area contributed by atoms with Gasteiger partial charge in [0.05, 0.1) is 12.1 Å². The predicted molar refractivity (Wildman–Crippen MR) is 91.2 cm³/mol. The van der Waals surface area contributed by atoms with Gasteiger partial charge in [-0.15, -0.1) is 10.2 Å². The molecule has 0 aliphatic carbocycles. The second-order valence-electron chi connectivity index (χ2n) is 5.82. The van der Waals surface area contributed by atoms with Crippen molar-refractivity contribution in [1.29, 1.82) is 0 Å². The Morgan fingerprint density at radius 2 is 1.89 bits per heavy atom. The van der Waals surface area contributed by atoms with Gasteiger partial charge in [-0.3, -0.25) is 9.20 Å². The molecule has 0 unspecified atom stereocenters. The molecule has 9 heteroatoms. The first-order valence-electron chi connectivity index (χ1n) is 8.26. The van der Waals surface area contributed by atoms with Crippen LogP contribution in [-0.2, 0) is 23.9 Å². The Kier molecular flexibility index (Phi) is 5.29. The summed E-state index contributed by atoms with van der Waals surface area (Å²) in [7, 11) is 0. The normalized spacial score (nSPS) is 11.6. The molecule has 2 heterocycles. The lowest BCUT2D eigenvalue weighted by Crippen LogP contribution is -2.29. The van der Waals surface area contributed by atoms with Crippen LogP contribution < -0.4 is 10.1 Å². The smallest absolute Gasteiger partial charge is 0.417 e. The Labute approximate surface area is 153 Å². The number of nitrogens with zero attached hydrogens (tertiary/aromatic N) is 3. The number of aryl methyl sites for hydroxylation is 1. The quantitative estimate of drug-likeness (QED) is 0.716. The topological polar surface area (TPSA) is 68.5 Å². The minimum Gasteiger partial charge on any atom is -0.484 e. The van der Waals surface area contributed by atoms with Crippen LogP contribution in [0.15, 0.2) is 42.6 Å². The molecule has 142 valence electrons. The minimum absolute atomic E-state index is 0.0700. The SMILES string of the molecule is CCc1ccc(OCC(=O)NCc2nnc3ccc(C(F)(F)F)cn23)cc1. The summed E-state index contributed by atoms with van der Waals surface area (Å²) in [6, 6.07) is 9.53. The molecule has 3 rings (SSSR count). The Bertz CT molecular complexity index is 936. The van der Waals surface area contributed by atoms with Crippen LogP contribution in [0.1, 0.15) is 23.9 Å². The molecule has 0 saturated carbocycles. The highest BCUT2D eigenvalue weighted by Crippen LogP contribution is 2.29. The maximum absolute atomic E-state index is 12.8. The van der Waals surface area contributed by atoms with Crippen molar-refractivity contribution in [1.82, 2.24) is 19.9 Å². The number of hydrogen-bond donors (Lipinski definition) is 1. The summed E-state index contributed by atoms with van der Waals surface area (Å²) in [4.78, 5) is 11.9. The Morgan fingerprint density at radius 1 is 1.15 bits per heavy atom. The van der Waals surface area contributed by atoms with Crippen LogP contribution in [0, 0.1) is 0 Å². The van der Waals surface area contributed by atoms with Crippen molar-refractivity contribution in [2.24, 2.45) is 0 Å². The second-order valence-corrected chi connectivity index (χ2v) is 5.82. The van der Waals surface area contributed by atoms with Gasteiger partial charge in [0.1, 0.15) is 5.75 Å². The molecular formula is C18H17F3N4O2. The monoisotopic (exact) mass is 378 g/mol. The van der Waals surface area contributed by atoms with Crippen LogP contribution in [0.25, 0.3) is 5.65 Å². The van der Waals surface area contributed by atoms with Crippen LogP contribution >= 0.6 is 0 Å². The zero-order valence-electron chi connectivity index (χ0n) is 14.5. The number of carbonyl (C=O) groups excluding carboxylic acids is 1. The average Bonchev–Trinajstić information content (AvgIpc) is 3.06. The molecule has 0 spiro atoms. The summed E-state index contributed by atoms with van der Waals surface area (Å²) >= 11 is 0. The van der Waals surface area contributed by atoms with Gasteiger partial charge in [0.2, 0.25) is 0 Å². The molecule has 1 N–H and O–H groups in total. The maximum Gasteiger partial charge on any atom is 0.417 e. The Balaban J connectivity index is 1.59. The molecule has 0 saturated heterocycles. The van der Waals surface area contributed by atoms with Gasteiger partial charge >= 0.3 is 6.18 Å². The van der Waals surface area contributed by atoms with E-state index >= 15 is 0 Å². The molecule has 2 aromatic heterocycles. The van der Waals surface area contributed by atoms with E-state index in [0.29, 0.717) is 5.75 Å². The molecule has 0 aliphatic rings. The van der Waals surface area contributed by atoms with Crippen molar-refractivity contribution in [3.05, 3.63) is 59.5 Å². The van der Waals surface area contributed by atoms with E-state index in [2.05, 4.69) is 15.5 Å². The number of rotatable bonds is 6. The van der Waals surface area contributed by atoms with E-state index in [1.54, 1.807) is 12.1 Å². The summed E-state index contributed by atoms with van der Waals surface area (Å²) in [5.41, 5.74) is 0.601. The first kappa shape index (κ1) is 18.7. The van der Waals surface area contributed by atoms with Crippen LogP contribution in [-0.4, -0.2) is 27.1 Å². The van der Waals surface area contributed by atoms with Crippen molar-refractivity contribution < 1.29 is 22.7 Å². The highest BCUT2D eigenvalue weighted by atomic mass is 19.4. The molecule has 3 aromatic rings. The van der Waals surface area contributed by atoms with E-state index in [9.17, 15) is 18.0 Å². The predicted octanol–water partition coefficient (Wildman–Crippen LogP) is 3.01. The van der Waals surface area contributed by atoms with E-state index in [4.69, 9.17) is 4.74 Å². The summed E-state index contributed by atoms with van der Waals surface area (Å²) in [5.74, 6) is 0.333. The number of fused-ring (bicyclic) bond motifs is 1. The maximum atomic E-state index is 12.8. The van der Waals surface area contributed by atoms with Crippen LogP contribution in [0.2, 0.25) is 0 Å². The van der Waals surface area contributed by atoms with Gasteiger partial charge in [0.25, 0.3) is 5.91 Å². The van der Waals surface area contributed by atoms with Gasteiger partial charge in [-0.05, 0) is 36.2 Å².